The first-order valence-electron chi connectivity index (χ1n) is 9.21. The van der Waals surface area contributed by atoms with Gasteiger partial charge in [0.05, 0.1) is 13.2 Å². The summed E-state index contributed by atoms with van der Waals surface area (Å²) in [6.45, 7) is 1.53. The normalized spacial score (nSPS) is 10.6. The van der Waals surface area contributed by atoms with Gasteiger partial charge in [0.1, 0.15) is 35.3 Å². The molecular weight excluding hydrogens is 408 g/mol. The van der Waals surface area contributed by atoms with Gasteiger partial charge in [-0.1, -0.05) is 12.2 Å². The van der Waals surface area contributed by atoms with Crippen LogP contribution in [0.2, 0.25) is 0 Å². The molecule has 8 nitrogen and oxygen atoms in total. The van der Waals surface area contributed by atoms with Gasteiger partial charge in [0.15, 0.2) is 5.76 Å². The zero-order chi connectivity index (χ0) is 21.3. The zero-order valence-corrected chi connectivity index (χ0v) is 17.2. The lowest BCUT2D eigenvalue weighted by molar-refractivity contribution is 0.0921. The van der Waals surface area contributed by atoms with E-state index in [1.807, 2.05) is 11.5 Å². The van der Waals surface area contributed by atoms with Crippen LogP contribution in [0, 0.1) is 0 Å². The number of carbonyl (C=O) groups excluding carboxylic acids is 1. The maximum atomic E-state index is 12.3. The molecule has 0 aliphatic rings. The minimum Gasteiger partial charge on any atom is -0.492 e. The lowest BCUT2D eigenvalue weighted by atomic mass is 10.2. The molecule has 0 saturated carbocycles. The molecule has 158 valence electrons. The lowest BCUT2D eigenvalue weighted by Gasteiger charge is -2.08. The Hall–Kier alpha value is -3.14. The van der Waals surface area contributed by atoms with E-state index in [4.69, 9.17) is 36.1 Å². The molecule has 9 heteroatoms. The predicted octanol–water partition coefficient (Wildman–Crippen LogP) is 2.92. The van der Waals surface area contributed by atoms with Crippen molar-refractivity contribution < 1.29 is 28.6 Å². The van der Waals surface area contributed by atoms with E-state index < -0.39 is 0 Å². The molecule has 30 heavy (non-hydrogen) atoms. The van der Waals surface area contributed by atoms with Crippen LogP contribution >= 0.6 is 12.2 Å². The number of thiocarbonyl (C=S) groups is 1. The summed E-state index contributed by atoms with van der Waals surface area (Å²) in [6, 6.07) is 13.9. The highest BCUT2D eigenvalue weighted by Crippen LogP contribution is 2.24. The van der Waals surface area contributed by atoms with Crippen molar-refractivity contribution >= 4 is 34.1 Å². The monoisotopic (exact) mass is 430 g/mol. The lowest BCUT2D eigenvalue weighted by Crippen LogP contribution is -2.27. The van der Waals surface area contributed by atoms with E-state index in [-0.39, 0.29) is 23.3 Å². The largest absolute Gasteiger partial charge is 0.492 e. The topological polar surface area (TPSA) is 102 Å². The molecule has 0 fully saturated rings. The maximum Gasteiger partial charge on any atom is 0.287 e. The first-order chi connectivity index (χ1) is 14.6. The highest BCUT2D eigenvalue weighted by molar-refractivity contribution is 7.80. The number of rotatable bonds is 10. The summed E-state index contributed by atoms with van der Waals surface area (Å²) in [6.07, 6.45) is 0. The average Bonchev–Trinajstić information content (AvgIpc) is 3.20. The van der Waals surface area contributed by atoms with Crippen molar-refractivity contribution in [3.63, 3.8) is 0 Å². The number of benzene rings is 2. The predicted molar refractivity (Wildman–Crippen MR) is 114 cm³/mol. The van der Waals surface area contributed by atoms with E-state index in [2.05, 4.69) is 5.32 Å². The number of amides is 1. The molecule has 0 radical (unpaired) electrons. The number of nitrogens with one attached hydrogen (secondary N) is 2. The molecule has 0 aliphatic heterocycles. The number of hydrogen-bond acceptors (Lipinski definition) is 7. The fourth-order valence-corrected chi connectivity index (χ4v) is 2.79. The van der Waals surface area contributed by atoms with Crippen LogP contribution in [-0.4, -0.2) is 49.6 Å². The van der Waals surface area contributed by atoms with Gasteiger partial charge < -0.3 is 23.9 Å². The summed E-state index contributed by atoms with van der Waals surface area (Å²) in [4.78, 5) is 12.6. The molecule has 1 amide bonds. The Labute approximate surface area is 178 Å². The van der Waals surface area contributed by atoms with Crippen molar-refractivity contribution in [2.45, 2.75) is 0 Å². The van der Waals surface area contributed by atoms with Crippen LogP contribution in [0.4, 0.5) is 0 Å². The first-order valence-corrected chi connectivity index (χ1v) is 9.62. The second kappa shape index (κ2) is 10.6. The fourth-order valence-electron chi connectivity index (χ4n) is 2.65. The summed E-state index contributed by atoms with van der Waals surface area (Å²) in [5.41, 5.74) is 3.20. The minimum absolute atomic E-state index is 0.216. The third-order valence-electron chi connectivity index (χ3n) is 4.14. The average molecular weight is 430 g/mol. The van der Waals surface area contributed by atoms with Crippen LogP contribution < -0.4 is 20.3 Å². The quantitative estimate of drug-likeness (QED) is 0.256. The van der Waals surface area contributed by atoms with E-state index in [0.29, 0.717) is 42.4 Å². The summed E-state index contributed by atoms with van der Waals surface area (Å²) in [7, 11) is 1.61. The Bertz CT molecular complexity index is 1000. The zero-order valence-electron chi connectivity index (χ0n) is 16.3. The number of carbonyl (C=O) groups is 1. The number of hydrogen-bond donors (Lipinski definition) is 3. The van der Waals surface area contributed by atoms with Gasteiger partial charge in [-0.15, -0.1) is 0 Å². The van der Waals surface area contributed by atoms with Gasteiger partial charge in [0.25, 0.3) is 5.91 Å². The van der Waals surface area contributed by atoms with Gasteiger partial charge in [-0.25, -0.2) is 0 Å². The van der Waals surface area contributed by atoms with Crippen molar-refractivity contribution in [1.29, 1.82) is 0 Å². The highest BCUT2D eigenvalue weighted by Gasteiger charge is 2.12. The molecule has 1 heterocycles. The van der Waals surface area contributed by atoms with E-state index in [1.54, 1.807) is 49.6 Å². The summed E-state index contributed by atoms with van der Waals surface area (Å²) >= 11 is 4.93. The van der Waals surface area contributed by atoms with Crippen molar-refractivity contribution in [1.82, 2.24) is 10.8 Å². The van der Waals surface area contributed by atoms with Gasteiger partial charge in [0.2, 0.25) is 0 Å². The molecule has 3 aromatic rings. The van der Waals surface area contributed by atoms with Crippen LogP contribution in [0.25, 0.3) is 11.0 Å². The van der Waals surface area contributed by atoms with E-state index in [1.165, 1.54) is 0 Å². The molecule has 0 spiro atoms. The third-order valence-corrected chi connectivity index (χ3v) is 4.47. The Morgan fingerprint density at radius 2 is 1.77 bits per heavy atom. The number of methoxy groups -OCH3 is 1. The second-order valence-electron chi connectivity index (χ2n) is 6.22. The number of furan rings is 1. The van der Waals surface area contributed by atoms with Crippen LogP contribution in [-0.2, 0) is 4.74 Å². The molecule has 0 saturated heterocycles. The Morgan fingerprint density at radius 1 is 1.03 bits per heavy atom. The molecule has 0 atom stereocenters. The smallest absolute Gasteiger partial charge is 0.287 e. The summed E-state index contributed by atoms with van der Waals surface area (Å²) in [5.74, 6) is 1.19. The summed E-state index contributed by atoms with van der Waals surface area (Å²) in [5, 5.41) is 12.3. The van der Waals surface area contributed by atoms with Crippen molar-refractivity contribution in [3.05, 3.63) is 59.9 Å². The minimum atomic E-state index is -0.327. The second-order valence-corrected chi connectivity index (χ2v) is 6.63. The van der Waals surface area contributed by atoms with Gasteiger partial charge >= 0.3 is 0 Å². The molecule has 0 aliphatic carbocycles. The van der Waals surface area contributed by atoms with E-state index >= 15 is 0 Å². The van der Waals surface area contributed by atoms with E-state index in [0.717, 1.165) is 5.39 Å². The van der Waals surface area contributed by atoms with Crippen molar-refractivity contribution in [2.24, 2.45) is 0 Å². The van der Waals surface area contributed by atoms with Crippen LogP contribution in [0.5, 0.6) is 11.5 Å². The third kappa shape index (κ3) is 5.69. The van der Waals surface area contributed by atoms with Gasteiger partial charge in [-0.05, 0) is 48.5 Å². The Morgan fingerprint density at radius 3 is 2.50 bits per heavy atom. The molecule has 1 aromatic heterocycles. The maximum absolute atomic E-state index is 12.3. The van der Waals surface area contributed by atoms with E-state index in [9.17, 15) is 4.79 Å². The molecule has 2 aromatic carbocycles. The molecular formula is C21H22N2O6S. The van der Waals surface area contributed by atoms with Gasteiger partial charge in [-0.2, -0.15) is 0 Å². The van der Waals surface area contributed by atoms with Crippen LogP contribution in [0.15, 0.2) is 52.9 Å². The first kappa shape index (κ1) is 21.6. The fraction of sp³-hybridized carbons (Fsp3) is 0.238. The van der Waals surface area contributed by atoms with Crippen molar-refractivity contribution in [2.75, 3.05) is 33.5 Å². The van der Waals surface area contributed by atoms with Crippen LogP contribution in [0.3, 0.4) is 0 Å². The van der Waals surface area contributed by atoms with Crippen molar-refractivity contribution in [3.8, 4) is 11.5 Å². The van der Waals surface area contributed by atoms with Gasteiger partial charge in [0, 0.05) is 18.1 Å². The number of hydroxylamine groups is 1. The summed E-state index contributed by atoms with van der Waals surface area (Å²) < 4.78 is 21.7. The standard InChI is InChI=1S/C21H22N2O6S/c1-26-10-11-28-17-6-7-18-15(12-17)13-19(29-18)20(24)22-8-9-27-16-4-2-14(3-5-16)21(30)23-25/h2-7,12-13,25H,8-11H2,1H3,(H,22,24)(H,23,30). The molecule has 0 unspecified atom stereocenters. The molecule has 3 N–H and O–H groups in total. The number of fused-ring (bicyclic) bond motifs is 1. The molecule has 3 rings (SSSR count). The Balaban J connectivity index is 1.48. The SMILES string of the molecule is COCCOc1ccc2oc(C(=O)NCCOc3ccc(C(=S)NO)cc3)cc2c1. The number of ether oxygens (including phenoxy) is 3. The Kier molecular flexibility index (Phi) is 7.61. The van der Waals surface area contributed by atoms with Crippen LogP contribution in [0.1, 0.15) is 16.1 Å². The molecule has 0 bridgehead atoms. The highest BCUT2D eigenvalue weighted by atomic mass is 32.1. The van der Waals surface area contributed by atoms with Gasteiger partial charge in [-0.3, -0.25) is 15.5 Å².